The first-order valence-corrected chi connectivity index (χ1v) is 8.87. The fourth-order valence-electron chi connectivity index (χ4n) is 3.34. The summed E-state index contributed by atoms with van der Waals surface area (Å²) in [5, 5.41) is 3.67. The van der Waals surface area contributed by atoms with Crippen LogP contribution in [0.15, 0.2) is 48.5 Å². The lowest BCUT2D eigenvalue weighted by Crippen LogP contribution is -2.33. The Kier molecular flexibility index (Phi) is 5.41. The molecule has 1 aliphatic heterocycles. The van der Waals surface area contributed by atoms with Crippen molar-refractivity contribution < 1.29 is 4.79 Å². The molecule has 0 spiro atoms. The van der Waals surface area contributed by atoms with Gasteiger partial charge in [-0.3, -0.25) is 4.79 Å². The van der Waals surface area contributed by atoms with Gasteiger partial charge >= 0.3 is 0 Å². The van der Waals surface area contributed by atoms with Gasteiger partial charge in [0.25, 0.3) is 0 Å². The third-order valence-electron chi connectivity index (χ3n) is 4.50. The lowest BCUT2D eigenvalue weighted by molar-refractivity contribution is -0.120. The van der Waals surface area contributed by atoms with Crippen molar-refractivity contribution in [2.24, 2.45) is 0 Å². The minimum atomic E-state index is 0.0483. The van der Waals surface area contributed by atoms with Gasteiger partial charge in [0.1, 0.15) is 0 Å². The molecule has 2 aromatic rings. The molecular weight excluding hydrogens is 320 g/mol. The number of hydrogen-bond donors (Lipinski definition) is 1. The van der Waals surface area contributed by atoms with E-state index in [0.717, 1.165) is 24.9 Å². The molecule has 1 heterocycles. The summed E-state index contributed by atoms with van der Waals surface area (Å²) in [5.41, 5.74) is 3.72. The maximum atomic E-state index is 12.0. The number of nitrogens with one attached hydrogen (secondary N) is 1. The number of rotatable bonds is 6. The summed E-state index contributed by atoms with van der Waals surface area (Å²) in [5.74, 6) is 0.0483. The number of anilines is 1. The van der Waals surface area contributed by atoms with Crippen molar-refractivity contribution in [3.63, 3.8) is 0 Å². The molecule has 0 unspecified atom stereocenters. The van der Waals surface area contributed by atoms with Crippen LogP contribution in [0.2, 0.25) is 5.02 Å². The van der Waals surface area contributed by atoms with Crippen LogP contribution in [-0.4, -0.2) is 25.0 Å². The monoisotopic (exact) mass is 342 g/mol. The molecule has 0 saturated carbocycles. The van der Waals surface area contributed by atoms with Gasteiger partial charge in [0.2, 0.25) is 5.91 Å². The highest BCUT2D eigenvalue weighted by molar-refractivity contribution is 6.30. The molecule has 1 atom stereocenters. The molecule has 0 aliphatic carbocycles. The Morgan fingerprint density at radius 1 is 1.25 bits per heavy atom. The Balaban J connectivity index is 1.43. The predicted molar refractivity (Wildman–Crippen MR) is 99.7 cm³/mol. The maximum absolute atomic E-state index is 12.0. The molecule has 0 aromatic heterocycles. The van der Waals surface area contributed by atoms with Crippen LogP contribution in [0.25, 0.3) is 0 Å². The van der Waals surface area contributed by atoms with Crippen molar-refractivity contribution in [1.82, 2.24) is 5.32 Å². The number of hydrogen-bond acceptors (Lipinski definition) is 2. The Morgan fingerprint density at radius 2 is 2.08 bits per heavy atom. The smallest absolute Gasteiger partial charge is 0.224 e. The van der Waals surface area contributed by atoms with Gasteiger partial charge < -0.3 is 10.2 Å². The molecule has 3 rings (SSSR count). The van der Waals surface area contributed by atoms with Crippen LogP contribution in [-0.2, 0) is 17.6 Å². The first kappa shape index (κ1) is 16.8. The Morgan fingerprint density at radius 3 is 2.92 bits per heavy atom. The van der Waals surface area contributed by atoms with Gasteiger partial charge in [0.15, 0.2) is 0 Å². The molecule has 2 aromatic carbocycles. The van der Waals surface area contributed by atoms with E-state index < -0.39 is 0 Å². The number of nitrogens with zero attached hydrogens (tertiary/aromatic N) is 1. The fraction of sp³-hybridized carbons (Fsp3) is 0.350. The van der Waals surface area contributed by atoms with E-state index >= 15 is 0 Å². The van der Waals surface area contributed by atoms with Crippen molar-refractivity contribution in [3.05, 3.63) is 64.7 Å². The van der Waals surface area contributed by atoms with Crippen molar-refractivity contribution >= 4 is 23.2 Å². The number of para-hydroxylation sites is 1. The quantitative estimate of drug-likeness (QED) is 0.809. The van der Waals surface area contributed by atoms with E-state index in [1.165, 1.54) is 11.3 Å². The SMILES string of the molecule is C[C@H]1Cc2ccccc2N1CCCNC(=O)Cc1cccc(Cl)c1. The van der Waals surface area contributed by atoms with Gasteiger partial charge in [-0.05, 0) is 49.1 Å². The second-order valence-electron chi connectivity index (χ2n) is 6.39. The molecule has 24 heavy (non-hydrogen) atoms. The molecule has 3 nitrogen and oxygen atoms in total. The summed E-state index contributed by atoms with van der Waals surface area (Å²) in [6.07, 6.45) is 2.43. The van der Waals surface area contributed by atoms with E-state index in [2.05, 4.69) is 41.4 Å². The van der Waals surface area contributed by atoms with Gasteiger partial charge in [0, 0.05) is 29.8 Å². The number of carbonyl (C=O) groups excluding carboxylic acids is 1. The van der Waals surface area contributed by atoms with E-state index in [1.807, 2.05) is 24.3 Å². The lowest BCUT2D eigenvalue weighted by atomic mass is 10.1. The fourth-order valence-corrected chi connectivity index (χ4v) is 3.56. The highest BCUT2D eigenvalue weighted by atomic mass is 35.5. The third kappa shape index (κ3) is 4.09. The minimum Gasteiger partial charge on any atom is -0.368 e. The summed E-state index contributed by atoms with van der Waals surface area (Å²) in [4.78, 5) is 14.5. The van der Waals surface area contributed by atoms with Crippen LogP contribution >= 0.6 is 11.6 Å². The summed E-state index contributed by atoms with van der Waals surface area (Å²) in [6, 6.07) is 16.6. The largest absolute Gasteiger partial charge is 0.368 e. The zero-order chi connectivity index (χ0) is 16.9. The maximum Gasteiger partial charge on any atom is 0.224 e. The van der Waals surface area contributed by atoms with Gasteiger partial charge in [0.05, 0.1) is 6.42 Å². The first-order valence-electron chi connectivity index (χ1n) is 8.49. The lowest BCUT2D eigenvalue weighted by Gasteiger charge is -2.24. The number of amides is 1. The Hall–Kier alpha value is -2.00. The van der Waals surface area contributed by atoms with Crippen molar-refractivity contribution in [2.75, 3.05) is 18.0 Å². The highest BCUT2D eigenvalue weighted by Crippen LogP contribution is 2.31. The van der Waals surface area contributed by atoms with Crippen LogP contribution in [0.1, 0.15) is 24.5 Å². The first-order chi connectivity index (χ1) is 11.6. The number of fused-ring (bicyclic) bond motifs is 1. The Bertz CT molecular complexity index is 716. The standard InChI is InChI=1S/C20H23ClN2O/c1-15-12-17-7-2-3-9-19(17)23(15)11-5-10-22-20(24)14-16-6-4-8-18(21)13-16/h2-4,6-9,13,15H,5,10-12,14H2,1H3,(H,22,24)/t15-/m0/s1. The molecule has 1 N–H and O–H groups in total. The average molecular weight is 343 g/mol. The van der Waals surface area contributed by atoms with E-state index in [4.69, 9.17) is 11.6 Å². The number of carbonyl (C=O) groups is 1. The van der Waals surface area contributed by atoms with Gasteiger partial charge in [-0.1, -0.05) is 41.9 Å². The summed E-state index contributed by atoms with van der Waals surface area (Å²) >= 11 is 5.95. The second kappa shape index (κ2) is 7.71. The summed E-state index contributed by atoms with van der Waals surface area (Å²) in [6.45, 7) is 3.93. The van der Waals surface area contributed by atoms with E-state index in [0.29, 0.717) is 24.0 Å². The predicted octanol–water partition coefficient (Wildman–Crippen LogP) is 3.84. The van der Waals surface area contributed by atoms with Crippen LogP contribution in [0, 0.1) is 0 Å². The summed E-state index contributed by atoms with van der Waals surface area (Å²) < 4.78 is 0. The molecule has 126 valence electrons. The summed E-state index contributed by atoms with van der Waals surface area (Å²) in [7, 11) is 0. The van der Waals surface area contributed by atoms with Crippen LogP contribution in [0.5, 0.6) is 0 Å². The number of benzene rings is 2. The van der Waals surface area contributed by atoms with E-state index in [-0.39, 0.29) is 5.91 Å². The van der Waals surface area contributed by atoms with Crippen molar-refractivity contribution in [3.8, 4) is 0 Å². The van der Waals surface area contributed by atoms with Crippen molar-refractivity contribution in [2.45, 2.75) is 32.2 Å². The van der Waals surface area contributed by atoms with Crippen LogP contribution in [0.3, 0.4) is 0 Å². The highest BCUT2D eigenvalue weighted by Gasteiger charge is 2.24. The molecule has 1 aliphatic rings. The molecule has 1 amide bonds. The molecule has 0 saturated heterocycles. The normalized spacial score (nSPS) is 16.1. The zero-order valence-corrected chi connectivity index (χ0v) is 14.7. The van der Waals surface area contributed by atoms with Crippen LogP contribution < -0.4 is 10.2 Å². The zero-order valence-electron chi connectivity index (χ0n) is 14.0. The Labute approximate surface area is 148 Å². The third-order valence-corrected chi connectivity index (χ3v) is 4.74. The second-order valence-corrected chi connectivity index (χ2v) is 6.82. The van der Waals surface area contributed by atoms with Crippen molar-refractivity contribution in [1.29, 1.82) is 0 Å². The topological polar surface area (TPSA) is 32.3 Å². The van der Waals surface area contributed by atoms with Gasteiger partial charge in [-0.15, -0.1) is 0 Å². The molecule has 0 fully saturated rings. The molecule has 4 heteroatoms. The van der Waals surface area contributed by atoms with Crippen LogP contribution in [0.4, 0.5) is 5.69 Å². The van der Waals surface area contributed by atoms with E-state index in [1.54, 1.807) is 0 Å². The molecule has 0 radical (unpaired) electrons. The van der Waals surface area contributed by atoms with Gasteiger partial charge in [-0.25, -0.2) is 0 Å². The van der Waals surface area contributed by atoms with Gasteiger partial charge in [-0.2, -0.15) is 0 Å². The number of halogens is 1. The average Bonchev–Trinajstić information content (AvgIpc) is 2.87. The molecular formula is C20H23ClN2O. The molecule has 0 bridgehead atoms. The minimum absolute atomic E-state index is 0.0483. The van der Waals surface area contributed by atoms with E-state index in [9.17, 15) is 4.79 Å².